The van der Waals surface area contributed by atoms with Gasteiger partial charge < -0.3 is 5.11 Å². The summed E-state index contributed by atoms with van der Waals surface area (Å²) in [5.41, 5.74) is 2.84. The Balaban J connectivity index is 1.17. The van der Waals surface area contributed by atoms with Crippen molar-refractivity contribution in [2.75, 3.05) is 38.5 Å². The van der Waals surface area contributed by atoms with Gasteiger partial charge in [0.2, 0.25) is 0 Å². The predicted octanol–water partition coefficient (Wildman–Crippen LogP) is 6.09. The largest absolute Gasteiger partial charge is 0.391 e. The molecule has 36 heavy (non-hydrogen) atoms. The predicted molar refractivity (Wildman–Crippen MR) is 144 cm³/mol. The molecule has 0 radical (unpaired) electrons. The minimum Gasteiger partial charge on any atom is -0.391 e. The fourth-order valence-electron chi connectivity index (χ4n) is 4.57. The molecule has 3 aromatic carbocycles. The number of benzene rings is 3. The molecule has 188 valence electrons. The highest BCUT2D eigenvalue weighted by atomic mass is 35.5. The van der Waals surface area contributed by atoms with Crippen LogP contribution >= 0.6 is 34.7 Å². The van der Waals surface area contributed by atoms with E-state index in [0.717, 1.165) is 51.9 Å². The Morgan fingerprint density at radius 1 is 0.917 bits per heavy atom. The summed E-state index contributed by atoms with van der Waals surface area (Å²) in [6.45, 7) is 3.78. The van der Waals surface area contributed by atoms with Crippen LogP contribution in [0.1, 0.15) is 17.2 Å². The lowest BCUT2D eigenvalue weighted by Gasteiger charge is -2.40. The summed E-state index contributed by atoms with van der Waals surface area (Å²) in [4.78, 5) is 9.22. The lowest BCUT2D eigenvalue weighted by atomic mass is 9.96. The molecule has 4 nitrogen and oxygen atoms in total. The molecule has 0 spiro atoms. The molecule has 0 bridgehead atoms. The Bertz CT molecular complexity index is 1250. The standard InChI is InChI=1S/C27H26ClF2N3OS2/c28-20-5-10-25-24(15-20)31-27(36-25)35-17-23(34)16-32-11-13-33(14-12-32)26(18-1-6-21(29)7-2-18)19-3-8-22(30)9-4-19/h1-10,15,23,26,34H,11-14,16-17H2. The van der Waals surface area contributed by atoms with Gasteiger partial charge >= 0.3 is 0 Å². The molecule has 1 N–H and O–H groups in total. The van der Waals surface area contributed by atoms with Crippen LogP contribution in [-0.4, -0.2) is 64.5 Å². The number of rotatable bonds is 8. The van der Waals surface area contributed by atoms with E-state index in [0.29, 0.717) is 17.3 Å². The van der Waals surface area contributed by atoms with Crippen LogP contribution in [0.15, 0.2) is 71.1 Å². The third kappa shape index (κ3) is 6.25. The molecule has 1 atom stereocenters. The lowest BCUT2D eigenvalue weighted by molar-refractivity contribution is 0.0708. The lowest BCUT2D eigenvalue weighted by Crippen LogP contribution is -2.50. The summed E-state index contributed by atoms with van der Waals surface area (Å²) >= 11 is 9.23. The smallest absolute Gasteiger partial charge is 0.151 e. The quantitative estimate of drug-likeness (QED) is 0.271. The van der Waals surface area contributed by atoms with Gasteiger partial charge in [-0.25, -0.2) is 13.8 Å². The highest BCUT2D eigenvalue weighted by molar-refractivity contribution is 8.01. The number of β-amino-alcohol motifs (C(OH)–C–C–N with tert-alkyl or cyclic N) is 1. The number of halogens is 3. The first kappa shape index (κ1) is 25.6. The Morgan fingerprint density at radius 3 is 2.14 bits per heavy atom. The Kier molecular flexibility index (Phi) is 8.20. The molecule has 1 aliphatic heterocycles. The number of nitrogens with zero attached hydrogens (tertiary/aromatic N) is 3. The first-order valence-corrected chi connectivity index (χ1v) is 14.0. The Morgan fingerprint density at radius 2 is 1.53 bits per heavy atom. The fourth-order valence-corrected chi connectivity index (χ4v) is 6.72. The molecule has 0 amide bonds. The average Bonchev–Trinajstić information content (AvgIpc) is 3.28. The number of thioether (sulfide) groups is 1. The van der Waals surface area contributed by atoms with Gasteiger partial charge in [-0.1, -0.05) is 47.6 Å². The zero-order chi connectivity index (χ0) is 25.1. The van der Waals surface area contributed by atoms with Crippen molar-refractivity contribution in [2.45, 2.75) is 16.5 Å². The van der Waals surface area contributed by atoms with Crippen molar-refractivity contribution in [1.82, 2.24) is 14.8 Å². The van der Waals surface area contributed by atoms with Crippen molar-refractivity contribution in [3.63, 3.8) is 0 Å². The van der Waals surface area contributed by atoms with E-state index >= 15 is 0 Å². The van der Waals surface area contributed by atoms with E-state index in [9.17, 15) is 13.9 Å². The minimum atomic E-state index is -0.470. The first-order valence-electron chi connectivity index (χ1n) is 11.8. The highest BCUT2D eigenvalue weighted by Gasteiger charge is 2.27. The normalized spacial score (nSPS) is 16.1. The van der Waals surface area contributed by atoms with E-state index in [4.69, 9.17) is 11.6 Å². The molecule has 9 heteroatoms. The Labute approximate surface area is 222 Å². The van der Waals surface area contributed by atoms with Gasteiger partial charge in [0.1, 0.15) is 11.6 Å². The van der Waals surface area contributed by atoms with Crippen LogP contribution in [0.3, 0.4) is 0 Å². The number of aliphatic hydroxyl groups is 1. The van der Waals surface area contributed by atoms with Crippen molar-refractivity contribution in [2.24, 2.45) is 0 Å². The number of aromatic nitrogens is 1. The molecule has 1 saturated heterocycles. The van der Waals surface area contributed by atoms with Crippen LogP contribution in [0.5, 0.6) is 0 Å². The molecule has 1 aliphatic rings. The van der Waals surface area contributed by atoms with Crippen molar-refractivity contribution in [3.05, 3.63) is 94.5 Å². The number of hydrogen-bond donors (Lipinski definition) is 1. The SMILES string of the molecule is OC(CSc1nc2cc(Cl)ccc2s1)CN1CCN(C(c2ccc(F)cc2)c2ccc(F)cc2)CC1. The molecule has 0 saturated carbocycles. The van der Waals surface area contributed by atoms with Gasteiger partial charge in [0.15, 0.2) is 4.34 Å². The topological polar surface area (TPSA) is 39.6 Å². The van der Waals surface area contributed by atoms with E-state index in [2.05, 4.69) is 14.8 Å². The van der Waals surface area contributed by atoms with Crippen LogP contribution in [-0.2, 0) is 0 Å². The molecular weight excluding hydrogens is 520 g/mol. The van der Waals surface area contributed by atoms with E-state index in [-0.39, 0.29) is 17.7 Å². The minimum absolute atomic E-state index is 0.0821. The van der Waals surface area contributed by atoms with Crippen molar-refractivity contribution in [1.29, 1.82) is 0 Å². The van der Waals surface area contributed by atoms with E-state index in [1.54, 1.807) is 47.4 Å². The van der Waals surface area contributed by atoms with E-state index < -0.39 is 6.10 Å². The van der Waals surface area contributed by atoms with Crippen LogP contribution in [0.2, 0.25) is 5.02 Å². The maximum absolute atomic E-state index is 13.6. The molecule has 4 aromatic rings. The maximum atomic E-state index is 13.6. The zero-order valence-electron chi connectivity index (χ0n) is 19.5. The third-order valence-electron chi connectivity index (χ3n) is 6.34. The van der Waals surface area contributed by atoms with Crippen LogP contribution in [0, 0.1) is 11.6 Å². The summed E-state index contributed by atoms with van der Waals surface area (Å²) < 4.78 is 29.1. The second-order valence-electron chi connectivity index (χ2n) is 8.90. The molecule has 1 unspecified atom stereocenters. The van der Waals surface area contributed by atoms with Crippen LogP contribution < -0.4 is 0 Å². The first-order chi connectivity index (χ1) is 17.4. The second kappa shape index (κ2) is 11.5. The molecular formula is C27H26ClF2N3OS2. The zero-order valence-corrected chi connectivity index (χ0v) is 21.9. The number of thiazole rings is 1. The summed E-state index contributed by atoms with van der Waals surface area (Å²) in [5.74, 6) is 0.0209. The van der Waals surface area contributed by atoms with Gasteiger partial charge in [-0.15, -0.1) is 11.3 Å². The monoisotopic (exact) mass is 545 g/mol. The third-order valence-corrected chi connectivity index (χ3v) is 8.90. The number of hydrogen-bond acceptors (Lipinski definition) is 6. The Hall–Kier alpha value is -2.07. The number of piperazine rings is 1. The van der Waals surface area contributed by atoms with E-state index in [1.807, 2.05) is 18.2 Å². The number of aliphatic hydroxyl groups excluding tert-OH is 1. The van der Waals surface area contributed by atoms with Gasteiger partial charge in [-0.05, 0) is 53.6 Å². The summed E-state index contributed by atoms with van der Waals surface area (Å²) in [7, 11) is 0. The molecule has 2 heterocycles. The molecule has 5 rings (SSSR count). The molecule has 1 fully saturated rings. The van der Waals surface area contributed by atoms with Gasteiger partial charge in [0.25, 0.3) is 0 Å². The summed E-state index contributed by atoms with van der Waals surface area (Å²) in [5, 5.41) is 11.3. The van der Waals surface area contributed by atoms with Gasteiger partial charge in [-0.3, -0.25) is 9.80 Å². The average molecular weight is 546 g/mol. The van der Waals surface area contributed by atoms with E-state index in [1.165, 1.54) is 24.3 Å². The maximum Gasteiger partial charge on any atom is 0.151 e. The van der Waals surface area contributed by atoms with Gasteiger partial charge in [0.05, 0.1) is 22.4 Å². The van der Waals surface area contributed by atoms with Gasteiger partial charge in [0, 0.05) is 43.5 Å². The van der Waals surface area contributed by atoms with Crippen molar-refractivity contribution in [3.8, 4) is 0 Å². The molecule has 1 aromatic heterocycles. The van der Waals surface area contributed by atoms with Crippen LogP contribution in [0.4, 0.5) is 8.78 Å². The summed E-state index contributed by atoms with van der Waals surface area (Å²) in [6, 6.07) is 18.7. The summed E-state index contributed by atoms with van der Waals surface area (Å²) in [6.07, 6.45) is -0.470. The van der Waals surface area contributed by atoms with Crippen molar-refractivity contribution >= 4 is 44.9 Å². The second-order valence-corrected chi connectivity index (χ2v) is 11.6. The molecule has 0 aliphatic carbocycles. The van der Waals surface area contributed by atoms with Gasteiger partial charge in [-0.2, -0.15) is 0 Å². The fraction of sp³-hybridized carbons (Fsp3) is 0.296. The number of fused-ring (bicyclic) bond motifs is 1. The van der Waals surface area contributed by atoms with Crippen molar-refractivity contribution < 1.29 is 13.9 Å². The highest BCUT2D eigenvalue weighted by Crippen LogP contribution is 2.32. The van der Waals surface area contributed by atoms with Crippen LogP contribution in [0.25, 0.3) is 10.2 Å².